The highest BCUT2D eigenvalue weighted by Gasteiger charge is 2.17. The fraction of sp³-hybridized carbons (Fsp3) is 0.294. The molecule has 1 N–H and O–H groups in total. The number of para-hydroxylation sites is 1. The molecule has 0 aliphatic rings. The minimum absolute atomic E-state index is 0.275. The maximum atomic E-state index is 14.1. The Morgan fingerprint density at radius 1 is 0.905 bits per heavy atom. The summed E-state index contributed by atoms with van der Waals surface area (Å²) in [4.78, 5) is 1.80. The van der Waals surface area contributed by atoms with Crippen LogP contribution >= 0.6 is 0 Å². The zero-order valence-electron chi connectivity index (χ0n) is 12.4. The molecule has 0 unspecified atom stereocenters. The van der Waals surface area contributed by atoms with Crippen LogP contribution in [0.15, 0.2) is 42.5 Å². The lowest BCUT2D eigenvalue weighted by Gasteiger charge is -2.26. The number of nitrogens with one attached hydrogen (secondary N) is 1. The predicted octanol–water partition coefficient (Wildman–Crippen LogP) is 4.23. The molecule has 0 aliphatic heterocycles. The van der Waals surface area contributed by atoms with Gasteiger partial charge in [-0.15, -0.1) is 0 Å². The molecule has 0 saturated carbocycles. The molecule has 2 aromatic carbocycles. The van der Waals surface area contributed by atoms with Crippen molar-refractivity contribution < 1.29 is 8.78 Å². The van der Waals surface area contributed by atoms with Crippen molar-refractivity contribution in [1.82, 2.24) is 5.32 Å². The summed E-state index contributed by atoms with van der Waals surface area (Å²) in [6.45, 7) is 5.62. The molecule has 0 atom stereocenters. The van der Waals surface area contributed by atoms with Crippen LogP contribution in [0.25, 0.3) is 0 Å². The largest absolute Gasteiger partial charge is 0.339 e. The van der Waals surface area contributed by atoms with Gasteiger partial charge in [-0.2, -0.15) is 0 Å². The van der Waals surface area contributed by atoms with Crippen LogP contribution in [0.1, 0.15) is 19.4 Å². The molecule has 112 valence electrons. The monoisotopic (exact) mass is 290 g/mol. The van der Waals surface area contributed by atoms with E-state index in [1.54, 1.807) is 29.2 Å². The molecule has 0 radical (unpaired) electrons. The highest BCUT2D eigenvalue weighted by atomic mass is 19.1. The van der Waals surface area contributed by atoms with Crippen LogP contribution in [-0.2, 0) is 6.54 Å². The van der Waals surface area contributed by atoms with E-state index in [1.807, 2.05) is 19.9 Å². The van der Waals surface area contributed by atoms with Gasteiger partial charge in [0.25, 0.3) is 0 Å². The van der Waals surface area contributed by atoms with E-state index in [2.05, 4.69) is 5.32 Å². The molecule has 0 bridgehead atoms. The number of nitrogens with zero attached hydrogens (tertiary/aromatic N) is 1. The van der Waals surface area contributed by atoms with E-state index >= 15 is 0 Å². The molecule has 21 heavy (non-hydrogen) atoms. The zero-order valence-corrected chi connectivity index (χ0v) is 12.4. The third kappa shape index (κ3) is 3.39. The summed E-state index contributed by atoms with van der Waals surface area (Å²) in [5.41, 5.74) is 1.72. The number of anilines is 2. The van der Waals surface area contributed by atoms with Gasteiger partial charge in [-0.25, -0.2) is 8.78 Å². The van der Waals surface area contributed by atoms with Crippen molar-refractivity contribution in [2.24, 2.45) is 0 Å². The van der Waals surface area contributed by atoms with Gasteiger partial charge >= 0.3 is 0 Å². The lowest BCUT2D eigenvalue weighted by atomic mass is 10.1. The molecule has 0 heterocycles. The Morgan fingerprint density at radius 2 is 1.57 bits per heavy atom. The van der Waals surface area contributed by atoms with Gasteiger partial charge in [0.2, 0.25) is 0 Å². The third-order valence-electron chi connectivity index (χ3n) is 3.40. The topological polar surface area (TPSA) is 15.3 Å². The van der Waals surface area contributed by atoms with Gasteiger partial charge < -0.3 is 10.2 Å². The molecule has 2 rings (SSSR count). The van der Waals surface area contributed by atoms with Gasteiger partial charge in [0.15, 0.2) is 0 Å². The Kier molecular flexibility index (Phi) is 5.28. The van der Waals surface area contributed by atoms with Crippen molar-refractivity contribution >= 4 is 11.4 Å². The first-order chi connectivity index (χ1) is 10.2. The van der Waals surface area contributed by atoms with E-state index in [-0.39, 0.29) is 11.6 Å². The van der Waals surface area contributed by atoms with E-state index in [0.717, 1.165) is 6.54 Å². The fourth-order valence-electron chi connectivity index (χ4n) is 2.37. The summed E-state index contributed by atoms with van der Waals surface area (Å²) in [6, 6.07) is 11.5. The minimum atomic E-state index is -0.307. The van der Waals surface area contributed by atoms with Gasteiger partial charge in [0, 0.05) is 24.3 Å². The van der Waals surface area contributed by atoms with Crippen molar-refractivity contribution in [3.05, 3.63) is 59.7 Å². The fourth-order valence-corrected chi connectivity index (χ4v) is 2.37. The van der Waals surface area contributed by atoms with Crippen LogP contribution in [0, 0.1) is 11.6 Å². The molecule has 0 amide bonds. The average Bonchev–Trinajstić information content (AvgIpc) is 2.49. The maximum Gasteiger partial charge on any atom is 0.146 e. The van der Waals surface area contributed by atoms with Crippen LogP contribution in [0.2, 0.25) is 0 Å². The summed E-state index contributed by atoms with van der Waals surface area (Å²) in [7, 11) is 0. The van der Waals surface area contributed by atoms with E-state index < -0.39 is 0 Å². The molecule has 0 aliphatic carbocycles. The van der Waals surface area contributed by atoms with Gasteiger partial charge in [0.05, 0.1) is 5.69 Å². The van der Waals surface area contributed by atoms with E-state index in [1.165, 1.54) is 12.1 Å². The molecule has 0 saturated heterocycles. The quantitative estimate of drug-likeness (QED) is 0.856. The Balaban J connectivity index is 2.47. The predicted molar refractivity (Wildman–Crippen MR) is 82.9 cm³/mol. The van der Waals surface area contributed by atoms with Crippen LogP contribution in [0.4, 0.5) is 20.2 Å². The van der Waals surface area contributed by atoms with Crippen LogP contribution in [0.5, 0.6) is 0 Å². The Hall–Kier alpha value is -1.94. The van der Waals surface area contributed by atoms with Crippen molar-refractivity contribution in [2.45, 2.75) is 20.4 Å². The zero-order chi connectivity index (χ0) is 15.2. The van der Waals surface area contributed by atoms with Gasteiger partial charge in [-0.3, -0.25) is 0 Å². The highest BCUT2D eigenvalue weighted by Crippen LogP contribution is 2.31. The molecule has 0 spiro atoms. The van der Waals surface area contributed by atoms with Crippen LogP contribution in [0.3, 0.4) is 0 Å². The standard InChI is InChI=1S/C17H20F2N2/c1-3-20-12-13-14(18)9-7-11-16(13)21(4-2)17-10-6-5-8-15(17)19/h5-11,20H,3-4,12H2,1-2H3. The summed E-state index contributed by atoms with van der Waals surface area (Å²) < 4.78 is 28.2. The van der Waals surface area contributed by atoms with Gasteiger partial charge in [0.1, 0.15) is 11.6 Å². The van der Waals surface area contributed by atoms with Crippen molar-refractivity contribution in [3.63, 3.8) is 0 Å². The molecule has 0 fully saturated rings. The lowest BCUT2D eigenvalue weighted by molar-refractivity contribution is 0.592. The second kappa shape index (κ2) is 7.18. The Labute approximate surface area is 124 Å². The molecule has 0 aromatic heterocycles. The molecule has 2 aromatic rings. The van der Waals surface area contributed by atoms with E-state index in [4.69, 9.17) is 0 Å². The van der Waals surface area contributed by atoms with Gasteiger partial charge in [-0.05, 0) is 37.7 Å². The molecular weight excluding hydrogens is 270 g/mol. The SMILES string of the molecule is CCNCc1c(F)cccc1N(CC)c1ccccc1F. The Bertz CT molecular complexity index is 599. The smallest absolute Gasteiger partial charge is 0.146 e. The van der Waals surface area contributed by atoms with Crippen LogP contribution < -0.4 is 10.2 Å². The first-order valence-corrected chi connectivity index (χ1v) is 7.19. The second-order valence-corrected chi connectivity index (χ2v) is 4.71. The van der Waals surface area contributed by atoms with Crippen molar-refractivity contribution in [1.29, 1.82) is 0 Å². The maximum absolute atomic E-state index is 14.1. The first kappa shape index (κ1) is 15.4. The molecule has 2 nitrogen and oxygen atoms in total. The number of hydrogen-bond acceptors (Lipinski definition) is 2. The minimum Gasteiger partial charge on any atom is -0.339 e. The van der Waals surface area contributed by atoms with E-state index in [9.17, 15) is 8.78 Å². The normalized spacial score (nSPS) is 10.7. The summed E-state index contributed by atoms with van der Waals surface area (Å²) >= 11 is 0. The Morgan fingerprint density at radius 3 is 2.24 bits per heavy atom. The molecular formula is C17H20F2N2. The lowest BCUT2D eigenvalue weighted by Crippen LogP contribution is -2.22. The number of hydrogen-bond donors (Lipinski definition) is 1. The second-order valence-electron chi connectivity index (χ2n) is 4.71. The third-order valence-corrected chi connectivity index (χ3v) is 3.40. The summed E-state index contributed by atoms with van der Waals surface area (Å²) in [5, 5.41) is 3.13. The number of rotatable bonds is 6. The average molecular weight is 290 g/mol. The van der Waals surface area contributed by atoms with E-state index in [0.29, 0.717) is 30.0 Å². The number of benzene rings is 2. The summed E-state index contributed by atoms with van der Waals surface area (Å²) in [5.74, 6) is -0.582. The van der Waals surface area contributed by atoms with Crippen LogP contribution in [-0.4, -0.2) is 13.1 Å². The van der Waals surface area contributed by atoms with Gasteiger partial charge in [-0.1, -0.05) is 25.1 Å². The molecule has 4 heteroatoms. The highest BCUT2D eigenvalue weighted by molar-refractivity contribution is 5.67. The number of halogens is 2. The van der Waals surface area contributed by atoms with Crippen molar-refractivity contribution in [3.8, 4) is 0 Å². The van der Waals surface area contributed by atoms with Crippen molar-refractivity contribution in [2.75, 3.05) is 18.0 Å². The summed E-state index contributed by atoms with van der Waals surface area (Å²) in [6.07, 6.45) is 0. The first-order valence-electron chi connectivity index (χ1n) is 7.19.